The van der Waals surface area contributed by atoms with E-state index < -0.39 is 0 Å². The number of benzene rings is 1. The second-order valence-corrected chi connectivity index (χ2v) is 5.58. The fourth-order valence-corrected chi connectivity index (χ4v) is 2.60. The molecule has 104 valence electrons. The fourth-order valence-electron chi connectivity index (χ4n) is 1.72. The lowest BCUT2D eigenvalue weighted by molar-refractivity contribution is 0.0924. The molecule has 1 aromatic carbocycles. The van der Waals surface area contributed by atoms with Crippen LogP contribution in [-0.2, 0) is 6.42 Å². The Morgan fingerprint density at radius 2 is 1.80 bits per heavy atom. The molecule has 0 spiro atoms. The monoisotopic (exact) mass is 288 g/mol. The van der Waals surface area contributed by atoms with Crippen LogP contribution < -0.4 is 4.74 Å². The smallest absolute Gasteiger partial charge is 0.210 e. The molecule has 2 aromatic rings. The first-order valence-electron chi connectivity index (χ1n) is 6.46. The van der Waals surface area contributed by atoms with E-state index >= 15 is 0 Å². The summed E-state index contributed by atoms with van der Waals surface area (Å²) in [7, 11) is 0. The van der Waals surface area contributed by atoms with Crippen LogP contribution in [0.15, 0.2) is 36.4 Å². The average molecular weight is 288 g/mol. The Labute approximate surface area is 122 Å². The summed E-state index contributed by atoms with van der Waals surface area (Å²) in [6.07, 6.45) is 0.936. The Morgan fingerprint density at radius 3 is 2.35 bits per heavy atom. The Morgan fingerprint density at radius 1 is 1.10 bits per heavy atom. The molecule has 0 aliphatic carbocycles. The lowest BCUT2D eigenvalue weighted by Crippen LogP contribution is -2.10. The molecular formula is C16H16O3S. The van der Waals surface area contributed by atoms with E-state index in [0.29, 0.717) is 11.3 Å². The SMILES string of the molecule is CCc1ccc(C(=O)COc2ccc(C(C)=O)cc2)s1. The molecule has 0 N–H and O–H groups in total. The van der Waals surface area contributed by atoms with E-state index in [9.17, 15) is 9.59 Å². The quantitative estimate of drug-likeness (QED) is 0.760. The van der Waals surface area contributed by atoms with Crippen molar-refractivity contribution < 1.29 is 14.3 Å². The summed E-state index contributed by atoms with van der Waals surface area (Å²) < 4.78 is 5.45. The van der Waals surface area contributed by atoms with Gasteiger partial charge in [-0.3, -0.25) is 9.59 Å². The van der Waals surface area contributed by atoms with Gasteiger partial charge in [0, 0.05) is 10.4 Å². The van der Waals surface area contributed by atoms with Crippen molar-refractivity contribution in [3.05, 3.63) is 51.7 Å². The molecule has 2 rings (SSSR count). The number of hydrogen-bond donors (Lipinski definition) is 0. The van der Waals surface area contributed by atoms with Crippen LogP contribution in [0, 0.1) is 0 Å². The third kappa shape index (κ3) is 3.54. The van der Waals surface area contributed by atoms with Crippen molar-refractivity contribution >= 4 is 22.9 Å². The number of Topliss-reactive ketones (excluding diaryl/α,β-unsaturated/α-hetero) is 2. The molecule has 0 aliphatic heterocycles. The van der Waals surface area contributed by atoms with Crippen LogP contribution in [0.4, 0.5) is 0 Å². The van der Waals surface area contributed by atoms with Gasteiger partial charge in [0.25, 0.3) is 0 Å². The Balaban J connectivity index is 1.94. The molecule has 4 heteroatoms. The summed E-state index contributed by atoms with van der Waals surface area (Å²) in [5.74, 6) is 0.583. The maximum atomic E-state index is 12.0. The molecule has 0 saturated carbocycles. The van der Waals surface area contributed by atoms with Crippen LogP contribution in [0.1, 0.15) is 38.8 Å². The second-order valence-electron chi connectivity index (χ2n) is 4.41. The highest BCUT2D eigenvalue weighted by atomic mass is 32.1. The maximum absolute atomic E-state index is 12.0. The number of hydrogen-bond acceptors (Lipinski definition) is 4. The molecule has 0 radical (unpaired) electrons. The third-order valence-electron chi connectivity index (χ3n) is 2.92. The van der Waals surface area contributed by atoms with E-state index in [1.165, 1.54) is 23.1 Å². The minimum absolute atomic E-state index is 0.0123. The lowest BCUT2D eigenvalue weighted by Gasteiger charge is -2.05. The summed E-state index contributed by atoms with van der Waals surface area (Å²) in [5, 5.41) is 0. The molecule has 1 heterocycles. The van der Waals surface area contributed by atoms with E-state index in [0.717, 1.165) is 11.3 Å². The van der Waals surface area contributed by atoms with Crippen molar-refractivity contribution in [2.45, 2.75) is 20.3 Å². The molecule has 0 unspecified atom stereocenters. The summed E-state index contributed by atoms with van der Waals surface area (Å²) in [5.41, 5.74) is 0.634. The zero-order chi connectivity index (χ0) is 14.5. The van der Waals surface area contributed by atoms with Gasteiger partial charge < -0.3 is 4.74 Å². The van der Waals surface area contributed by atoms with E-state index in [2.05, 4.69) is 6.92 Å². The van der Waals surface area contributed by atoms with Gasteiger partial charge in [-0.25, -0.2) is 0 Å². The van der Waals surface area contributed by atoms with Gasteiger partial charge in [0.2, 0.25) is 5.78 Å². The molecule has 0 amide bonds. The highest BCUT2D eigenvalue weighted by Crippen LogP contribution is 2.18. The Bertz CT molecular complexity index is 611. The largest absolute Gasteiger partial charge is 0.485 e. The maximum Gasteiger partial charge on any atom is 0.210 e. The molecule has 0 atom stereocenters. The first-order chi connectivity index (χ1) is 9.60. The van der Waals surface area contributed by atoms with Gasteiger partial charge >= 0.3 is 0 Å². The molecule has 0 saturated heterocycles. The van der Waals surface area contributed by atoms with Crippen molar-refractivity contribution in [2.75, 3.05) is 6.61 Å². The number of rotatable bonds is 6. The van der Waals surface area contributed by atoms with E-state index in [4.69, 9.17) is 4.74 Å². The Hall–Kier alpha value is -1.94. The van der Waals surface area contributed by atoms with Crippen molar-refractivity contribution in [3.63, 3.8) is 0 Å². The zero-order valence-electron chi connectivity index (χ0n) is 11.5. The summed E-state index contributed by atoms with van der Waals surface area (Å²) in [4.78, 5) is 25.0. The van der Waals surface area contributed by atoms with Crippen molar-refractivity contribution in [1.82, 2.24) is 0 Å². The number of carbonyl (C=O) groups excluding carboxylic acids is 2. The molecule has 1 aromatic heterocycles. The van der Waals surface area contributed by atoms with Crippen molar-refractivity contribution in [2.24, 2.45) is 0 Å². The number of ether oxygens (including phenoxy) is 1. The fraction of sp³-hybridized carbons (Fsp3) is 0.250. The topological polar surface area (TPSA) is 43.4 Å². The van der Waals surface area contributed by atoms with Gasteiger partial charge in [-0.1, -0.05) is 6.92 Å². The van der Waals surface area contributed by atoms with Crippen LogP contribution in [-0.4, -0.2) is 18.2 Å². The first-order valence-corrected chi connectivity index (χ1v) is 7.27. The van der Waals surface area contributed by atoms with Gasteiger partial charge in [-0.15, -0.1) is 11.3 Å². The molecule has 20 heavy (non-hydrogen) atoms. The van der Waals surface area contributed by atoms with Crippen LogP contribution in [0.3, 0.4) is 0 Å². The van der Waals surface area contributed by atoms with E-state index in [1.54, 1.807) is 24.3 Å². The van der Waals surface area contributed by atoms with Gasteiger partial charge in [0.15, 0.2) is 12.4 Å². The van der Waals surface area contributed by atoms with Crippen molar-refractivity contribution in [3.8, 4) is 5.75 Å². The summed E-state index contributed by atoms with van der Waals surface area (Å²) in [6.45, 7) is 3.59. The lowest BCUT2D eigenvalue weighted by atomic mass is 10.1. The molecule has 0 aliphatic rings. The first kappa shape index (κ1) is 14.5. The molecule has 3 nitrogen and oxygen atoms in total. The Kier molecular flexibility index (Phi) is 4.69. The van der Waals surface area contributed by atoms with Gasteiger partial charge in [0.05, 0.1) is 4.88 Å². The standard InChI is InChI=1S/C16H16O3S/c1-3-14-8-9-16(20-14)15(18)10-19-13-6-4-12(5-7-13)11(2)17/h4-9H,3,10H2,1-2H3. The van der Waals surface area contributed by atoms with Crippen LogP contribution >= 0.6 is 11.3 Å². The van der Waals surface area contributed by atoms with Gasteiger partial charge in [-0.2, -0.15) is 0 Å². The van der Waals surface area contributed by atoms with E-state index in [1.807, 2.05) is 12.1 Å². The number of carbonyl (C=O) groups is 2. The highest BCUT2D eigenvalue weighted by molar-refractivity contribution is 7.14. The third-order valence-corrected chi connectivity index (χ3v) is 4.19. The van der Waals surface area contributed by atoms with Gasteiger partial charge in [0.1, 0.15) is 5.75 Å². The predicted octanol–water partition coefficient (Wildman–Crippen LogP) is 3.77. The highest BCUT2D eigenvalue weighted by Gasteiger charge is 2.10. The minimum atomic E-state index is -0.0228. The predicted molar refractivity (Wildman–Crippen MR) is 80.0 cm³/mol. The molecule has 0 fully saturated rings. The van der Waals surface area contributed by atoms with Crippen LogP contribution in [0.25, 0.3) is 0 Å². The normalized spacial score (nSPS) is 10.3. The average Bonchev–Trinajstić information content (AvgIpc) is 2.94. The summed E-state index contributed by atoms with van der Waals surface area (Å²) in [6, 6.07) is 10.6. The number of ketones is 2. The number of aryl methyl sites for hydroxylation is 1. The van der Waals surface area contributed by atoms with Gasteiger partial charge in [-0.05, 0) is 49.7 Å². The summed E-state index contributed by atoms with van der Waals surface area (Å²) >= 11 is 1.51. The minimum Gasteiger partial charge on any atom is -0.485 e. The zero-order valence-corrected chi connectivity index (χ0v) is 12.3. The van der Waals surface area contributed by atoms with Crippen molar-refractivity contribution in [1.29, 1.82) is 0 Å². The second kappa shape index (κ2) is 6.48. The molecular weight excluding hydrogens is 272 g/mol. The van der Waals surface area contributed by atoms with E-state index in [-0.39, 0.29) is 18.2 Å². The molecule has 0 bridgehead atoms. The number of thiophene rings is 1. The van der Waals surface area contributed by atoms with Crippen LogP contribution in [0.5, 0.6) is 5.75 Å². The van der Waals surface area contributed by atoms with Crippen LogP contribution in [0.2, 0.25) is 0 Å².